The predicted octanol–water partition coefficient (Wildman–Crippen LogP) is 4.46. The zero-order valence-electron chi connectivity index (χ0n) is 15.0. The Kier molecular flexibility index (Phi) is 7.61. The van der Waals surface area contributed by atoms with E-state index in [0.717, 1.165) is 37.1 Å². The molecule has 0 spiro atoms. The molecule has 0 aliphatic heterocycles. The molecule has 3 atom stereocenters. The van der Waals surface area contributed by atoms with Gasteiger partial charge in [0.25, 0.3) is 0 Å². The highest BCUT2D eigenvalue weighted by atomic mass is 16.6. The molecule has 0 radical (unpaired) electrons. The van der Waals surface area contributed by atoms with Gasteiger partial charge >= 0.3 is 5.97 Å². The lowest BCUT2D eigenvalue weighted by atomic mass is 9.90. The zero-order chi connectivity index (χ0) is 16.8. The standard InChI is InChI=1S/C19H35NO2/c1-6-8-15(17-13-16(17)11-12-20)10-7-9-14(2)18(21)22-19(3,4)5/h15-17H,2,6-13,20H2,1,3-5H3/t15?,16-,17+/m0/s1. The first kappa shape index (κ1) is 19.2. The van der Waals surface area contributed by atoms with Crippen LogP contribution in [-0.4, -0.2) is 18.1 Å². The summed E-state index contributed by atoms with van der Waals surface area (Å²) in [7, 11) is 0. The highest BCUT2D eigenvalue weighted by Gasteiger charge is 2.40. The number of carbonyl (C=O) groups excluding carboxylic acids is 1. The molecule has 0 aromatic rings. The van der Waals surface area contributed by atoms with E-state index < -0.39 is 5.60 Å². The maximum absolute atomic E-state index is 11.9. The van der Waals surface area contributed by atoms with E-state index in [2.05, 4.69) is 13.5 Å². The van der Waals surface area contributed by atoms with Crippen molar-refractivity contribution in [2.24, 2.45) is 23.5 Å². The Bertz CT molecular complexity index is 370. The van der Waals surface area contributed by atoms with Gasteiger partial charge in [0.05, 0.1) is 0 Å². The number of nitrogens with two attached hydrogens (primary N) is 1. The van der Waals surface area contributed by atoms with Gasteiger partial charge in [0.2, 0.25) is 0 Å². The smallest absolute Gasteiger partial charge is 0.333 e. The molecule has 0 bridgehead atoms. The molecule has 1 fully saturated rings. The second-order valence-corrected chi connectivity index (χ2v) is 7.78. The van der Waals surface area contributed by atoms with Crippen molar-refractivity contribution >= 4 is 5.97 Å². The SMILES string of the molecule is C=C(CCCC(CCC)[C@H]1C[C@@H]1CCN)C(=O)OC(C)(C)C. The van der Waals surface area contributed by atoms with E-state index in [1.807, 2.05) is 20.8 Å². The molecule has 1 unspecified atom stereocenters. The molecule has 0 aromatic heterocycles. The summed E-state index contributed by atoms with van der Waals surface area (Å²) < 4.78 is 5.36. The Morgan fingerprint density at radius 3 is 2.59 bits per heavy atom. The van der Waals surface area contributed by atoms with Crippen LogP contribution in [0.4, 0.5) is 0 Å². The molecular formula is C19H35NO2. The Labute approximate surface area is 136 Å². The first-order chi connectivity index (χ1) is 10.3. The molecule has 1 aliphatic rings. The Morgan fingerprint density at radius 2 is 2.05 bits per heavy atom. The van der Waals surface area contributed by atoms with Gasteiger partial charge in [0.15, 0.2) is 0 Å². The third-order valence-corrected chi connectivity index (χ3v) is 4.52. The van der Waals surface area contributed by atoms with Gasteiger partial charge in [-0.05, 0) is 77.2 Å². The van der Waals surface area contributed by atoms with Crippen LogP contribution in [0.5, 0.6) is 0 Å². The quantitative estimate of drug-likeness (QED) is 0.479. The Balaban J connectivity index is 2.31. The lowest BCUT2D eigenvalue weighted by Crippen LogP contribution is -2.24. The van der Waals surface area contributed by atoms with Gasteiger partial charge in [-0.3, -0.25) is 0 Å². The summed E-state index contributed by atoms with van der Waals surface area (Å²) in [5.41, 5.74) is 5.84. The largest absolute Gasteiger partial charge is 0.457 e. The minimum Gasteiger partial charge on any atom is -0.457 e. The maximum atomic E-state index is 11.9. The van der Waals surface area contributed by atoms with Gasteiger partial charge in [-0.1, -0.05) is 26.3 Å². The van der Waals surface area contributed by atoms with E-state index in [9.17, 15) is 4.79 Å². The summed E-state index contributed by atoms with van der Waals surface area (Å²) in [5.74, 6) is 2.29. The first-order valence-corrected chi connectivity index (χ1v) is 8.89. The molecule has 1 rings (SSSR count). The molecule has 0 amide bonds. The van der Waals surface area contributed by atoms with E-state index in [1.165, 1.54) is 32.1 Å². The number of hydrogen-bond donors (Lipinski definition) is 1. The average molecular weight is 309 g/mol. The molecule has 0 heterocycles. The normalized spacial score (nSPS) is 22.2. The van der Waals surface area contributed by atoms with Crippen molar-refractivity contribution in [3.05, 3.63) is 12.2 Å². The van der Waals surface area contributed by atoms with Crippen LogP contribution in [-0.2, 0) is 9.53 Å². The monoisotopic (exact) mass is 309 g/mol. The average Bonchev–Trinajstić information content (AvgIpc) is 3.15. The van der Waals surface area contributed by atoms with Crippen molar-refractivity contribution < 1.29 is 9.53 Å². The number of hydrogen-bond acceptors (Lipinski definition) is 3. The summed E-state index contributed by atoms with van der Waals surface area (Å²) in [6.45, 7) is 12.6. The summed E-state index contributed by atoms with van der Waals surface area (Å²) >= 11 is 0. The van der Waals surface area contributed by atoms with Gasteiger partial charge in [-0.25, -0.2) is 4.79 Å². The van der Waals surface area contributed by atoms with Crippen LogP contribution in [0.3, 0.4) is 0 Å². The van der Waals surface area contributed by atoms with Crippen molar-refractivity contribution in [2.45, 2.75) is 78.2 Å². The second-order valence-electron chi connectivity index (χ2n) is 7.78. The van der Waals surface area contributed by atoms with Crippen LogP contribution < -0.4 is 5.73 Å². The summed E-state index contributed by atoms with van der Waals surface area (Å²) in [6, 6.07) is 0. The van der Waals surface area contributed by atoms with Gasteiger partial charge in [-0.2, -0.15) is 0 Å². The van der Waals surface area contributed by atoms with Crippen LogP contribution >= 0.6 is 0 Å². The molecule has 3 heteroatoms. The lowest BCUT2D eigenvalue weighted by molar-refractivity contribution is -0.150. The van der Waals surface area contributed by atoms with E-state index >= 15 is 0 Å². The van der Waals surface area contributed by atoms with Crippen molar-refractivity contribution in [1.29, 1.82) is 0 Å². The van der Waals surface area contributed by atoms with Gasteiger partial charge in [0, 0.05) is 5.57 Å². The Hall–Kier alpha value is -0.830. The van der Waals surface area contributed by atoms with Crippen molar-refractivity contribution in [3.8, 4) is 0 Å². The minimum atomic E-state index is -0.436. The number of rotatable bonds is 10. The van der Waals surface area contributed by atoms with Gasteiger partial charge in [0.1, 0.15) is 5.60 Å². The summed E-state index contributed by atoms with van der Waals surface area (Å²) in [4.78, 5) is 11.9. The first-order valence-electron chi connectivity index (χ1n) is 8.89. The maximum Gasteiger partial charge on any atom is 0.333 e. The molecule has 128 valence electrons. The van der Waals surface area contributed by atoms with E-state index in [-0.39, 0.29) is 5.97 Å². The fourth-order valence-electron chi connectivity index (χ4n) is 3.37. The fraction of sp³-hybridized carbons (Fsp3) is 0.842. The highest BCUT2D eigenvalue weighted by molar-refractivity contribution is 5.87. The summed E-state index contributed by atoms with van der Waals surface area (Å²) in [6.07, 6.45) is 8.05. The van der Waals surface area contributed by atoms with Crippen molar-refractivity contribution in [2.75, 3.05) is 6.54 Å². The number of carbonyl (C=O) groups is 1. The third-order valence-electron chi connectivity index (χ3n) is 4.52. The predicted molar refractivity (Wildman–Crippen MR) is 92.5 cm³/mol. The molecule has 2 N–H and O–H groups in total. The topological polar surface area (TPSA) is 52.3 Å². The lowest BCUT2D eigenvalue weighted by Gasteiger charge is -2.21. The van der Waals surface area contributed by atoms with E-state index in [4.69, 9.17) is 10.5 Å². The van der Waals surface area contributed by atoms with Crippen LogP contribution in [0, 0.1) is 17.8 Å². The van der Waals surface area contributed by atoms with Crippen molar-refractivity contribution in [1.82, 2.24) is 0 Å². The highest BCUT2D eigenvalue weighted by Crippen LogP contribution is 2.49. The third kappa shape index (κ3) is 6.95. The van der Waals surface area contributed by atoms with Gasteiger partial charge < -0.3 is 10.5 Å². The minimum absolute atomic E-state index is 0.244. The van der Waals surface area contributed by atoms with E-state index in [0.29, 0.717) is 5.57 Å². The molecule has 1 aliphatic carbocycles. The summed E-state index contributed by atoms with van der Waals surface area (Å²) in [5, 5.41) is 0. The number of esters is 1. The van der Waals surface area contributed by atoms with Crippen LogP contribution in [0.15, 0.2) is 12.2 Å². The van der Waals surface area contributed by atoms with Crippen LogP contribution in [0.1, 0.15) is 72.6 Å². The zero-order valence-corrected chi connectivity index (χ0v) is 15.0. The molecule has 3 nitrogen and oxygen atoms in total. The number of ether oxygens (including phenoxy) is 1. The molecule has 0 aromatic carbocycles. The van der Waals surface area contributed by atoms with Crippen LogP contribution in [0.2, 0.25) is 0 Å². The van der Waals surface area contributed by atoms with Gasteiger partial charge in [-0.15, -0.1) is 0 Å². The van der Waals surface area contributed by atoms with Crippen molar-refractivity contribution in [3.63, 3.8) is 0 Å². The van der Waals surface area contributed by atoms with E-state index in [1.54, 1.807) is 0 Å². The molecule has 22 heavy (non-hydrogen) atoms. The molecule has 1 saturated carbocycles. The fourth-order valence-corrected chi connectivity index (χ4v) is 3.37. The molecular weight excluding hydrogens is 274 g/mol. The Morgan fingerprint density at radius 1 is 1.36 bits per heavy atom. The molecule has 0 saturated heterocycles. The second kappa shape index (κ2) is 8.71. The van der Waals surface area contributed by atoms with Crippen LogP contribution in [0.25, 0.3) is 0 Å².